The second-order valence-electron chi connectivity index (χ2n) is 5.28. The summed E-state index contributed by atoms with van der Waals surface area (Å²) in [5, 5.41) is 0. The zero-order valence-electron chi connectivity index (χ0n) is 12.8. The lowest BCUT2D eigenvalue weighted by Gasteiger charge is -2.25. The third-order valence-corrected chi connectivity index (χ3v) is 4.92. The van der Waals surface area contributed by atoms with Crippen LogP contribution >= 0.6 is 0 Å². The van der Waals surface area contributed by atoms with E-state index in [2.05, 4.69) is 4.72 Å². The molecular formula is C16H18F2N2O2S. The van der Waals surface area contributed by atoms with Crippen molar-refractivity contribution in [1.82, 2.24) is 9.62 Å². The zero-order valence-corrected chi connectivity index (χ0v) is 13.6. The van der Waals surface area contributed by atoms with E-state index in [1.54, 1.807) is 37.2 Å². The van der Waals surface area contributed by atoms with Crippen molar-refractivity contribution >= 4 is 10.0 Å². The molecule has 0 saturated heterocycles. The third-order valence-electron chi connectivity index (χ3n) is 3.48. The van der Waals surface area contributed by atoms with Crippen LogP contribution in [0.1, 0.15) is 11.6 Å². The highest BCUT2D eigenvalue weighted by molar-refractivity contribution is 7.89. The SMILES string of the molecule is CN(C)C(CNS(=O)(=O)c1ccccc1)c1c(F)cccc1F. The van der Waals surface area contributed by atoms with Gasteiger partial charge in [-0.3, -0.25) is 0 Å². The molecule has 0 fully saturated rings. The quantitative estimate of drug-likeness (QED) is 0.879. The maximum Gasteiger partial charge on any atom is 0.240 e. The summed E-state index contributed by atoms with van der Waals surface area (Å²) in [7, 11) is -0.480. The first-order chi connectivity index (χ1) is 10.8. The smallest absolute Gasteiger partial charge is 0.240 e. The summed E-state index contributed by atoms with van der Waals surface area (Å²) in [6, 6.07) is 10.6. The molecule has 1 atom stereocenters. The van der Waals surface area contributed by atoms with Crippen LogP contribution in [0.4, 0.5) is 8.78 Å². The highest BCUT2D eigenvalue weighted by atomic mass is 32.2. The molecule has 7 heteroatoms. The summed E-state index contributed by atoms with van der Waals surface area (Å²) < 4.78 is 54.8. The lowest BCUT2D eigenvalue weighted by molar-refractivity contribution is 0.283. The summed E-state index contributed by atoms with van der Waals surface area (Å²) in [5.41, 5.74) is -0.159. The van der Waals surface area contributed by atoms with Gasteiger partial charge in [0.05, 0.1) is 10.9 Å². The van der Waals surface area contributed by atoms with Crippen molar-refractivity contribution in [2.75, 3.05) is 20.6 Å². The molecule has 0 heterocycles. The minimum atomic E-state index is -3.74. The van der Waals surface area contributed by atoms with Crippen LogP contribution in [0, 0.1) is 11.6 Å². The van der Waals surface area contributed by atoms with E-state index in [1.165, 1.54) is 18.2 Å². The van der Waals surface area contributed by atoms with Gasteiger partial charge >= 0.3 is 0 Å². The van der Waals surface area contributed by atoms with Crippen molar-refractivity contribution in [3.05, 3.63) is 65.7 Å². The van der Waals surface area contributed by atoms with Gasteiger partial charge < -0.3 is 4.90 Å². The second-order valence-corrected chi connectivity index (χ2v) is 7.05. The molecule has 0 amide bonds. The molecule has 2 rings (SSSR count). The highest BCUT2D eigenvalue weighted by Crippen LogP contribution is 2.24. The molecule has 0 bridgehead atoms. The molecule has 0 aliphatic rings. The Morgan fingerprint density at radius 1 is 1.00 bits per heavy atom. The molecule has 4 nitrogen and oxygen atoms in total. The Labute approximate surface area is 134 Å². The Balaban J connectivity index is 2.25. The Bertz CT molecular complexity index is 745. The summed E-state index contributed by atoms with van der Waals surface area (Å²) in [6.45, 7) is -0.151. The van der Waals surface area contributed by atoms with Gasteiger partial charge in [0.15, 0.2) is 0 Å². The third kappa shape index (κ3) is 4.13. The van der Waals surface area contributed by atoms with Crippen LogP contribution in [0.2, 0.25) is 0 Å². The summed E-state index contributed by atoms with van der Waals surface area (Å²) in [5.74, 6) is -1.41. The van der Waals surface area contributed by atoms with Crippen LogP contribution in [0.25, 0.3) is 0 Å². The molecule has 0 aliphatic heterocycles. The number of halogens is 2. The number of nitrogens with one attached hydrogen (secondary N) is 1. The van der Waals surface area contributed by atoms with Crippen LogP contribution < -0.4 is 4.72 Å². The van der Waals surface area contributed by atoms with Crippen molar-refractivity contribution < 1.29 is 17.2 Å². The second kappa shape index (κ2) is 7.16. The van der Waals surface area contributed by atoms with Crippen molar-refractivity contribution in [3.8, 4) is 0 Å². The first-order valence-corrected chi connectivity index (χ1v) is 8.46. The van der Waals surface area contributed by atoms with E-state index in [4.69, 9.17) is 0 Å². The Morgan fingerprint density at radius 2 is 1.57 bits per heavy atom. The van der Waals surface area contributed by atoms with Gasteiger partial charge in [0.2, 0.25) is 10.0 Å². The fraction of sp³-hybridized carbons (Fsp3) is 0.250. The van der Waals surface area contributed by atoms with Gasteiger partial charge in [0.25, 0.3) is 0 Å². The molecule has 23 heavy (non-hydrogen) atoms. The van der Waals surface area contributed by atoms with Gasteiger partial charge in [-0.1, -0.05) is 24.3 Å². The topological polar surface area (TPSA) is 49.4 Å². The molecule has 1 unspecified atom stereocenters. The largest absolute Gasteiger partial charge is 0.301 e. The summed E-state index contributed by atoms with van der Waals surface area (Å²) in [6.07, 6.45) is 0. The average molecular weight is 340 g/mol. The molecule has 124 valence electrons. The predicted octanol–water partition coefficient (Wildman–Crippen LogP) is 2.55. The lowest BCUT2D eigenvalue weighted by atomic mass is 10.0. The fourth-order valence-electron chi connectivity index (χ4n) is 2.24. The Hall–Kier alpha value is -1.83. The highest BCUT2D eigenvalue weighted by Gasteiger charge is 2.24. The lowest BCUT2D eigenvalue weighted by Crippen LogP contribution is -2.35. The van der Waals surface area contributed by atoms with Gasteiger partial charge in [0, 0.05) is 12.1 Å². The zero-order chi connectivity index (χ0) is 17.0. The number of rotatable bonds is 6. The Kier molecular flexibility index (Phi) is 5.46. The van der Waals surface area contributed by atoms with E-state index in [1.807, 2.05) is 0 Å². The van der Waals surface area contributed by atoms with E-state index in [0.717, 1.165) is 12.1 Å². The van der Waals surface area contributed by atoms with Crippen molar-refractivity contribution in [2.45, 2.75) is 10.9 Å². The van der Waals surface area contributed by atoms with Crippen molar-refractivity contribution in [2.24, 2.45) is 0 Å². The Morgan fingerprint density at radius 3 is 2.09 bits per heavy atom. The number of nitrogens with zero attached hydrogens (tertiary/aromatic N) is 1. The van der Waals surface area contributed by atoms with Gasteiger partial charge in [-0.05, 0) is 38.4 Å². The van der Waals surface area contributed by atoms with Gasteiger partial charge in [-0.25, -0.2) is 21.9 Å². The first kappa shape index (κ1) is 17.5. The van der Waals surface area contributed by atoms with E-state index in [9.17, 15) is 17.2 Å². The van der Waals surface area contributed by atoms with Crippen LogP contribution in [0.5, 0.6) is 0 Å². The molecule has 0 saturated carbocycles. The molecule has 0 aliphatic carbocycles. The molecule has 0 radical (unpaired) electrons. The molecular weight excluding hydrogens is 322 g/mol. The number of benzene rings is 2. The fourth-order valence-corrected chi connectivity index (χ4v) is 3.30. The number of hydrogen-bond donors (Lipinski definition) is 1. The predicted molar refractivity (Wildman–Crippen MR) is 84.4 cm³/mol. The van der Waals surface area contributed by atoms with Crippen molar-refractivity contribution in [3.63, 3.8) is 0 Å². The molecule has 2 aromatic rings. The normalized spacial score (nSPS) is 13.3. The van der Waals surface area contributed by atoms with Crippen LogP contribution in [0.3, 0.4) is 0 Å². The minimum absolute atomic E-state index is 0.103. The average Bonchev–Trinajstić information content (AvgIpc) is 2.50. The molecule has 2 aromatic carbocycles. The van der Waals surface area contributed by atoms with Crippen molar-refractivity contribution in [1.29, 1.82) is 0 Å². The van der Waals surface area contributed by atoms with Gasteiger partial charge in [-0.15, -0.1) is 0 Å². The molecule has 0 aromatic heterocycles. The molecule has 0 spiro atoms. The summed E-state index contributed by atoms with van der Waals surface area (Å²) in [4.78, 5) is 1.67. The van der Waals surface area contributed by atoms with Crippen LogP contribution in [-0.4, -0.2) is 34.0 Å². The maximum atomic E-state index is 14.0. The van der Waals surface area contributed by atoms with E-state index >= 15 is 0 Å². The number of likely N-dealkylation sites (N-methyl/N-ethyl adjacent to an activating group) is 1. The maximum absolute atomic E-state index is 14.0. The minimum Gasteiger partial charge on any atom is -0.301 e. The van der Waals surface area contributed by atoms with Crippen LogP contribution in [0.15, 0.2) is 53.4 Å². The van der Waals surface area contributed by atoms with Gasteiger partial charge in [0.1, 0.15) is 11.6 Å². The van der Waals surface area contributed by atoms with Gasteiger partial charge in [-0.2, -0.15) is 0 Å². The summed E-state index contributed by atoms with van der Waals surface area (Å²) >= 11 is 0. The van der Waals surface area contributed by atoms with E-state index in [0.29, 0.717) is 0 Å². The number of sulfonamides is 1. The first-order valence-electron chi connectivity index (χ1n) is 6.98. The van der Waals surface area contributed by atoms with E-state index in [-0.39, 0.29) is 17.0 Å². The molecule has 1 N–H and O–H groups in total. The van der Waals surface area contributed by atoms with E-state index < -0.39 is 27.7 Å². The van der Waals surface area contributed by atoms with Crippen LogP contribution in [-0.2, 0) is 10.0 Å². The standard InChI is InChI=1S/C16H18F2N2O2S/c1-20(2)15(16-13(17)9-6-10-14(16)18)11-19-23(21,22)12-7-4-3-5-8-12/h3-10,15,19H,11H2,1-2H3. The number of hydrogen-bond acceptors (Lipinski definition) is 3. The monoisotopic (exact) mass is 340 g/mol.